The monoisotopic (exact) mass is 201 g/mol. The number of ether oxygens (including phenoxy) is 1. The van der Waals surface area contributed by atoms with Crippen molar-refractivity contribution in [3.05, 3.63) is 0 Å². The number of carbonyl (C=O) groups is 1. The molecule has 0 aromatic carbocycles. The van der Waals surface area contributed by atoms with Crippen LogP contribution in [0.4, 0.5) is 0 Å². The fourth-order valence-corrected chi connectivity index (χ4v) is 1.58. The van der Waals surface area contributed by atoms with Gasteiger partial charge in [-0.1, -0.05) is 0 Å². The van der Waals surface area contributed by atoms with E-state index < -0.39 is 11.5 Å². The molecule has 2 N–H and O–H groups in total. The van der Waals surface area contributed by atoms with Crippen LogP contribution < -0.4 is 5.32 Å². The zero-order chi connectivity index (χ0) is 10.6. The van der Waals surface area contributed by atoms with Crippen LogP contribution in [0.3, 0.4) is 0 Å². The molecule has 1 rings (SSSR count). The number of hydrogen-bond donors (Lipinski definition) is 2. The SMILES string of the molecule is CC(C)OCCNC1(C(=O)O)CCC1. The molecule has 0 aromatic heterocycles. The van der Waals surface area contributed by atoms with E-state index in [1.165, 1.54) is 0 Å². The summed E-state index contributed by atoms with van der Waals surface area (Å²) >= 11 is 0. The first kappa shape index (κ1) is 11.5. The predicted molar refractivity (Wildman–Crippen MR) is 53.3 cm³/mol. The van der Waals surface area contributed by atoms with Gasteiger partial charge in [0.2, 0.25) is 0 Å². The van der Waals surface area contributed by atoms with E-state index in [2.05, 4.69) is 5.32 Å². The van der Waals surface area contributed by atoms with E-state index in [0.29, 0.717) is 13.2 Å². The molecular formula is C10H19NO3. The van der Waals surface area contributed by atoms with Gasteiger partial charge in [-0.3, -0.25) is 10.1 Å². The Morgan fingerprint density at radius 1 is 1.57 bits per heavy atom. The van der Waals surface area contributed by atoms with Crippen molar-refractivity contribution in [1.29, 1.82) is 0 Å². The molecule has 4 heteroatoms. The van der Waals surface area contributed by atoms with Crippen LogP contribution in [0.2, 0.25) is 0 Å². The molecule has 82 valence electrons. The Morgan fingerprint density at radius 3 is 2.57 bits per heavy atom. The molecule has 1 aliphatic rings. The highest BCUT2D eigenvalue weighted by molar-refractivity contribution is 5.79. The topological polar surface area (TPSA) is 58.6 Å². The average molecular weight is 201 g/mol. The number of hydrogen-bond acceptors (Lipinski definition) is 3. The van der Waals surface area contributed by atoms with Crippen LogP contribution in [-0.4, -0.2) is 35.9 Å². The van der Waals surface area contributed by atoms with Gasteiger partial charge in [-0.05, 0) is 33.1 Å². The smallest absolute Gasteiger partial charge is 0.323 e. The Hall–Kier alpha value is -0.610. The number of rotatable bonds is 6. The molecule has 0 radical (unpaired) electrons. The first-order valence-corrected chi connectivity index (χ1v) is 5.17. The fourth-order valence-electron chi connectivity index (χ4n) is 1.58. The first-order chi connectivity index (χ1) is 6.57. The lowest BCUT2D eigenvalue weighted by molar-refractivity contribution is -0.148. The fraction of sp³-hybridized carbons (Fsp3) is 0.900. The second-order valence-electron chi connectivity index (χ2n) is 4.09. The van der Waals surface area contributed by atoms with Gasteiger partial charge in [0.05, 0.1) is 12.7 Å². The molecule has 0 amide bonds. The van der Waals surface area contributed by atoms with Crippen molar-refractivity contribution in [2.45, 2.75) is 44.8 Å². The highest BCUT2D eigenvalue weighted by Gasteiger charge is 2.43. The maximum atomic E-state index is 10.9. The highest BCUT2D eigenvalue weighted by atomic mass is 16.5. The zero-order valence-corrected chi connectivity index (χ0v) is 8.88. The third-order valence-electron chi connectivity index (χ3n) is 2.63. The van der Waals surface area contributed by atoms with Crippen LogP contribution in [0.15, 0.2) is 0 Å². The standard InChI is InChI=1S/C10H19NO3/c1-8(2)14-7-6-11-10(9(12)13)4-3-5-10/h8,11H,3-7H2,1-2H3,(H,12,13). The molecule has 0 spiro atoms. The van der Waals surface area contributed by atoms with Crippen molar-refractivity contribution in [1.82, 2.24) is 5.32 Å². The normalized spacial score (nSPS) is 19.4. The van der Waals surface area contributed by atoms with Crippen molar-refractivity contribution in [3.63, 3.8) is 0 Å². The molecule has 4 nitrogen and oxygen atoms in total. The molecule has 1 fully saturated rings. The van der Waals surface area contributed by atoms with Crippen LogP contribution in [0.5, 0.6) is 0 Å². The maximum absolute atomic E-state index is 10.9. The lowest BCUT2D eigenvalue weighted by Crippen LogP contribution is -2.57. The Balaban J connectivity index is 2.19. The molecule has 1 saturated carbocycles. The Morgan fingerprint density at radius 2 is 2.21 bits per heavy atom. The third kappa shape index (κ3) is 2.69. The van der Waals surface area contributed by atoms with E-state index in [-0.39, 0.29) is 6.10 Å². The molecule has 0 aromatic rings. The molecule has 0 aliphatic heterocycles. The number of carboxylic acids is 1. The predicted octanol–water partition coefficient (Wildman–Crippen LogP) is 1.01. The molecule has 0 saturated heterocycles. The van der Waals surface area contributed by atoms with Crippen LogP contribution in [0.1, 0.15) is 33.1 Å². The molecule has 14 heavy (non-hydrogen) atoms. The van der Waals surface area contributed by atoms with Crippen LogP contribution in [0, 0.1) is 0 Å². The van der Waals surface area contributed by atoms with Crippen LogP contribution in [0.25, 0.3) is 0 Å². The number of aliphatic carboxylic acids is 1. The summed E-state index contributed by atoms with van der Waals surface area (Å²) in [5.74, 6) is -0.728. The van der Waals surface area contributed by atoms with E-state index in [4.69, 9.17) is 9.84 Å². The summed E-state index contributed by atoms with van der Waals surface area (Å²) in [5.41, 5.74) is -0.652. The van der Waals surface area contributed by atoms with Gasteiger partial charge in [-0.2, -0.15) is 0 Å². The second kappa shape index (κ2) is 4.75. The van der Waals surface area contributed by atoms with Crippen molar-refractivity contribution in [3.8, 4) is 0 Å². The Labute approximate surface area is 84.6 Å². The minimum atomic E-state index is -0.728. The van der Waals surface area contributed by atoms with Crippen LogP contribution in [-0.2, 0) is 9.53 Å². The van der Waals surface area contributed by atoms with Crippen molar-refractivity contribution in [2.75, 3.05) is 13.2 Å². The van der Waals surface area contributed by atoms with Crippen molar-refractivity contribution < 1.29 is 14.6 Å². The largest absolute Gasteiger partial charge is 0.480 e. The lowest BCUT2D eigenvalue weighted by atomic mass is 9.77. The molecule has 0 bridgehead atoms. The molecule has 0 unspecified atom stereocenters. The summed E-state index contributed by atoms with van der Waals surface area (Å²) in [6.45, 7) is 5.13. The third-order valence-corrected chi connectivity index (χ3v) is 2.63. The first-order valence-electron chi connectivity index (χ1n) is 5.17. The van der Waals surface area contributed by atoms with Gasteiger partial charge >= 0.3 is 5.97 Å². The van der Waals surface area contributed by atoms with E-state index in [1.807, 2.05) is 13.8 Å². The molecule has 0 atom stereocenters. The lowest BCUT2D eigenvalue weighted by Gasteiger charge is -2.38. The van der Waals surface area contributed by atoms with Gasteiger partial charge in [-0.15, -0.1) is 0 Å². The van der Waals surface area contributed by atoms with E-state index in [0.717, 1.165) is 19.3 Å². The van der Waals surface area contributed by atoms with Crippen molar-refractivity contribution in [2.24, 2.45) is 0 Å². The molecule has 1 aliphatic carbocycles. The number of nitrogens with one attached hydrogen (secondary N) is 1. The minimum absolute atomic E-state index is 0.207. The average Bonchev–Trinajstić information content (AvgIpc) is 1.99. The van der Waals surface area contributed by atoms with Gasteiger partial charge in [-0.25, -0.2) is 0 Å². The molecule has 0 heterocycles. The van der Waals surface area contributed by atoms with E-state index in [1.54, 1.807) is 0 Å². The Bertz CT molecular complexity index is 200. The Kier molecular flexibility index (Phi) is 3.89. The number of carboxylic acid groups (broad SMARTS) is 1. The summed E-state index contributed by atoms with van der Waals surface area (Å²) < 4.78 is 5.33. The van der Waals surface area contributed by atoms with Crippen LogP contribution >= 0.6 is 0 Å². The quantitative estimate of drug-likeness (QED) is 0.630. The zero-order valence-electron chi connectivity index (χ0n) is 8.88. The summed E-state index contributed by atoms with van der Waals surface area (Å²) in [7, 11) is 0. The van der Waals surface area contributed by atoms with E-state index >= 15 is 0 Å². The van der Waals surface area contributed by atoms with Crippen molar-refractivity contribution >= 4 is 5.97 Å². The summed E-state index contributed by atoms with van der Waals surface area (Å²) in [6, 6.07) is 0. The van der Waals surface area contributed by atoms with Gasteiger partial charge in [0, 0.05) is 6.54 Å². The summed E-state index contributed by atoms with van der Waals surface area (Å²) in [4.78, 5) is 10.9. The van der Waals surface area contributed by atoms with Gasteiger partial charge in [0.25, 0.3) is 0 Å². The maximum Gasteiger partial charge on any atom is 0.323 e. The highest BCUT2D eigenvalue weighted by Crippen LogP contribution is 2.31. The minimum Gasteiger partial charge on any atom is -0.480 e. The summed E-state index contributed by atoms with van der Waals surface area (Å²) in [6.07, 6.45) is 2.69. The van der Waals surface area contributed by atoms with Gasteiger partial charge < -0.3 is 9.84 Å². The van der Waals surface area contributed by atoms with E-state index in [9.17, 15) is 4.79 Å². The molecular weight excluding hydrogens is 182 g/mol. The second-order valence-corrected chi connectivity index (χ2v) is 4.09. The van der Waals surface area contributed by atoms with Gasteiger partial charge in [0.1, 0.15) is 5.54 Å². The summed E-state index contributed by atoms with van der Waals surface area (Å²) in [5, 5.41) is 12.1. The van der Waals surface area contributed by atoms with Gasteiger partial charge in [0.15, 0.2) is 0 Å².